The number of anilines is 1. The van der Waals surface area contributed by atoms with Crippen molar-refractivity contribution in [3.05, 3.63) is 42.7 Å². The highest BCUT2D eigenvalue weighted by molar-refractivity contribution is 6.01. The molecule has 0 spiro atoms. The van der Waals surface area contributed by atoms with E-state index in [1.807, 2.05) is 6.07 Å². The van der Waals surface area contributed by atoms with Gasteiger partial charge in [0, 0.05) is 25.0 Å². The highest BCUT2D eigenvalue weighted by atomic mass is 16.6. The topological polar surface area (TPSA) is 69.5 Å². The second-order valence-electron chi connectivity index (χ2n) is 4.84. The lowest BCUT2D eigenvalue weighted by atomic mass is 10.2. The number of carbonyl (C=O) groups is 1. The van der Waals surface area contributed by atoms with Crippen LogP contribution in [0.25, 0.3) is 0 Å². The van der Waals surface area contributed by atoms with Gasteiger partial charge in [-0.05, 0) is 18.2 Å². The number of fused-ring (bicyclic) bond motifs is 1. The number of ether oxygens (including phenoxy) is 2. The molecule has 114 valence electrons. The van der Waals surface area contributed by atoms with Crippen LogP contribution in [0, 0.1) is 0 Å². The van der Waals surface area contributed by atoms with Gasteiger partial charge in [-0.1, -0.05) is 11.8 Å². The Morgan fingerprint density at radius 1 is 1.41 bits per heavy atom. The van der Waals surface area contributed by atoms with Crippen LogP contribution in [0.3, 0.4) is 0 Å². The van der Waals surface area contributed by atoms with Crippen molar-refractivity contribution in [2.45, 2.75) is 6.54 Å². The quantitative estimate of drug-likeness (QED) is 0.796. The molecule has 0 aliphatic carbocycles. The molecule has 1 aliphatic rings. The average molecular weight is 300 g/mol. The van der Waals surface area contributed by atoms with Gasteiger partial charge in [0.25, 0.3) is 5.91 Å². The number of carbonyl (C=O) groups excluding carboxylic acids is 1. The summed E-state index contributed by atoms with van der Waals surface area (Å²) in [5.74, 6) is 1.09. The van der Waals surface area contributed by atoms with Crippen LogP contribution in [-0.4, -0.2) is 34.1 Å². The van der Waals surface area contributed by atoms with Gasteiger partial charge in [-0.2, -0.15) is 0 Å². The zero-order valence-corrected chi connectivity index (χ0v) is 12.2. The van der Waals surface area contributed by atoms with E-state index in [1.54, 1.807) is 35.0 Å². The summed E-state index contributed by atoms with van der Waals surface area (Å²) in [6, 6.07) is 5.39. The van der Waals surface area contributed by atoms with Gasteiger partial charge in [0.15, 0.2) is 11.5 Å². The SMILES string of the molecule is C=CC(=O)N(Cc1cn(C)nn1)c1ccc2c(c1)OCCO2. The lowest BCUT2D eigenvalue weighted by Crippen LogP contribution is -2.29. The molecule has 0 N–H and O–H groups in total. The highest BCUT2D eigenvalue weighted by Crippen LogP contribution is 2.34. The Hall–Kier alpha value is -2.83. The summed E-state index contributed by atoms with van der Waals surface area (Å²) < 4.78 is 12.6. The first-order valence-electron chi connectivity index (χ1n) is 6.86. The van der Waals surface area contributed by atoms with E-state index in [2.05, 4.69) is 16.9 Å². The maximum Gasteiger partial charge on any atom is 0.250 e. The molecular weight excluding hydrogens is 284 g/mol. The molecule has 0 atom stereocenters. The zero-order chi connectivity index (χ0) is 15.5. The summed E-state index contributed by atoms with van der Waals surface area (Å²) in [5, 5.41) is 7.89. The van der Waals surface area contributed by atoms with Gasteiger partial charge in [-0.3, -0.25) is 9.48 Å². The number of aromatic nitrogens is 3. The Labute approximate surface area is 127 Å². The molecule has 1 aromatic carbocycles. The number of rotatable bonds is 4. The van der Waals surface area contributed by atoms with Crippen molar-refractivity contribution in [1.82, 2.24) is 15.0 Å². The van der Waals surface area contributed by atoms with Crippen molar-refractivity contribution >= 4 is 11.6 Å². The maximum absolute atomic E-state index is 12.2. The van der Waals surface area contributed by atoms with Crippen molar-refractivity contribution in [3.63, 3.8) is 0 Å². The van der Waals surface area contributed by atoms with E-state index in [9.17, 15) is 4.79 Å². The van der Waals surface area contributed by atoms with Crippen LogP contribution < -0.4 is 14.4 Å². The van der Waals surface area contributed by atoms with Crippen LogP contribution in [0.2, 0.25) is 0 Å². The summed E-state index contributed by atoms with van der Waals surface area (Å²) in [7, 11) is 1.78. The molecule has 2 heterocycles. The molecule has 2 aromatic rings. The maximum atomic E-state index is 12.2. The standard InChI is InChI=1S/C15H16N4O3/c1-3-15(20)19(10-11-9-18(2)17-16-11)12-4-5-13-14(8-12)22-7-6-21-13/h3-5,8-9H,1,6-7,10H2,2H3. The van der Waals surface area contributed by atoms with Crippen molar-refractivity contribution < 1.29 is 14.3 Å². The van der Waals surface area contributed by atoms with Crippen LogP contribution in [0.5, 0.6) is 11.5 Å². The lowest BCUT2D eigenvalue weighted by Gasteiger charge is -2.23. The van der Waals surface area contributed by atoms with Crippen LogP contribution in [0.4, 0.5) is 5.69 Å². The summed E-state index contributed by atoms with van der Waals surface area (Å²) in [4.78, 5) is 13.7. The molecule has 22 heavy (non-hydrogen) atoms. The molecule has 3 rings (SSSR count). The number of nitrogens with zero attached hydrogens (tertiary/aromatic N) is 4. The Kier molecular flexibility index (Phi) is 3.78. The minimum absolute atomic E-state index is 0.220. The van der Waals surface area contributed by atoms with E-state index in [4.69, 9.17) is 9.47 Å². The fourth-order valence-electron chi connectivity index (χ4n) is 2.24. The zero-order valence-electron chi connectivity index (χ0n) is 12.2. The smallest absolute Gasteiger partial charge is 0.250 e. The Morgan fingerprint density at radius 2 is 2.18 bits per heavy atom. The number of amides is 1. The average Bonchev–Trinajstić information content (AvgIpc) is 2.96. The molecule has 1 aliphatic heterocycles. The van der Waals surface area contributed by atoms with Gasteiger partial charge in [0.2, 0.25) is 0 Å². The molecular formula is C15H16N4O3. The van der Waals surface area contributed by atoms with Gasteiger partial charge in [0.1, 0.15) is 18.9 Å². The monoisotopic (exact) mass is 300 g/mol. The first kappa shape index (κ1) is 14.1. The van der Waals surface area contributed by atoms with Crippen LogP contribution in [-0.2, 0) is 18.4 Å². The summed E-state index contributed by atoms with van der Waals surface area (Å²) in [6.45, 7) is 4.88. The molecule has 0 saturated carbocycles. The third-order valence-electron chi connectivity index (χ3n) is 3.25. The highest BCUT2D eigenvalue weighted by Gasteiger charge is 2.19. The van der Waals surface area contributed by atoms with E-state index >= 15 is 0 Å². The van der Waals surface area contributed by atoms with Crippen molar-refractivity contribution in [1.29, 1.82) is 0 Å². The summed E-state index contributed by atoms with van der Waals surface area (Å²) >= 11 is 0. The van der Waals surface area contributed by atoms with E-state index < -0.39 is 0 Å². The summed E-state index contributed by atoms with van der Waals surface area (Å²) in [6.07, 6.45) is 3.04. The van der Waals surface area contributed by atoms with E-state index in [1.165, 1.54) is 6.08 Å². The fourth-order valence-corrected chi connectivity index (χ4v) is 2.24. The van der Waals surface area contributed by atoms with Gasteiger partial charge >= 0.3 is 0 Å². The number of hydrogen-bond acceptors (Lipinski definition) is 5. The van der Waals surface area contributed by atoms with Gasteiger partial charge in [0.05, 0.1) is 6.54 Å². The van der Waals surface area contributed by atoms with Gasteiger partial charge < -0.3 is 14.4 Å². The Morgan fingerprint density at radius 3 is 2.86 bits per heavy atom. The van der Waals surface area contributed by atoms with Crippen molar-refractivity contribution in [2.24, 2.45) is 7.05 Å². The van der Waals surface area contributed by atoms with E-state index in [0.29, 0.717) is 42.6 Å². The number of hydrogen-bond donors (Lipinski definition) is 0. The molecule has 0 unspecified atom stereocenters. The molecule has 0 saturated heterocycles. The molecule has 0 fully saturated rings. The predicted molar refractivity (Wildman–Crippen MR) is 79.8 cm³/mol. The second kappa shape index (κ2) is 5.88. The molecule has 0 radical (unpaired) electrons. The number of benzene rings is 1. The van der Waals surface area contributed by atoms with Crippen molar-refractivity contribution in [3.8, 4) is 11.5 Å². The predicted octanol–water partition coefficient (Wildman–Crippen LogP) is 1.31. The van der Waals surface area contributed by atoms with Gasteiger partial charge in [-0.15, -0.1) is 5.10 Å². The molecule has 0 bridgehead atoms. The summed E-state index contributed by atoms with van der Waals surface area (Å²) in [5.41, 5.74) is 1.38. The van der Waals surface area contributed by atoms with Crippen LogP contribution in [0.1, 0.15) is 5.69 Å². The lowest BCUT2D eigenvalue weighted by molar-refractivity contribution is -0.114. The Balaban J connectivity index is 1.91. The minimum Gasteiger partial charge on any atom is -0.486 e. The Bertz CT molecular complexity index is 711. The first-order chi connectivity index (χ1) is 10.7. The normalized spacial score (nSPS) is 12.8. The molecule has 1 amide bonds. The third kappa shape index (κ3) is 2.78. The second-order valence-corrected chi connectivity index (χ2v) is 4.84. The largest absolute Gasteiger partial charge is 0.486 e. The number of aryl methyl sites for hydroxylation is 1. The van der Waals surface area contributed by atoms with Crippen molar-refractivity contribution in [2.75, 3.05) is 18.1 Å². The molecule has 1 aromatic heterocycles. The fraction of sp³-hybridized carbons (Fsp3) is 0.267. The van der Waals surface area contributed by atoms with Crippen LogP contribution >= 0.6 is 0 Å². The molecule has 7 heteroatoms. The van der Waals surface area contributed by atoms with E-state index in [0.717, 1.165) is 0 Å². The first-order valence-corrected chi connectivity index (χ1v) is 6.86. The minimum atomic E-state index is -0.220. The van der Waals surface area contributed by atoms with Crippen LogP contribution in [0.15, 0.2) is 37.1 Å². The van der Waals surface area contributed by atoms with E-state index in [-0.39, 0.29) is 5.91 Å². The third-order valence-corrected chi connectivity index (χ3v) is 3.25. The van der Waals surface area contributed by atoms with Gasteiger partial charge in [-0.25, -0.2) is 0 Å². The molecule has 7 nitrogen and oxygen atoms in total.